The third-order valence-electron chi connectivity index (χ3n) is 5.07. The van der Waals surface area contributed by atoms with Crippen LogP contribution in [0.4, 0.5) is 11.4 Å². The summed E-state index contributed by atoms with van der Waals surface area (Å²) < 4.78 is 10.5. The van der Waals surface area contributed by atoms with E-state index in [2.05, 4.69) is 10.6 Å². The van der Waals surface area contributed by atoms with Gasteiger partial charge in [0.2, 0.25) is 5.91 Å². The first-order chi connectivity index (χ1) is 15.8. The first kappa shape index (κ1) is 24.2. The van der Waals surface area contributed by atoms with E-state index in [1.807, 2.05) is 63.2 Å². The SMILES string of the molecule is COc1ccc(C(=O)Nc2cccc(SC(C)C(=O)Nc3cc(C)ccc3C)c2)cc1OC. The quantitative estimate of drug-likeness (QED) is 0.419. The molecule has 0 saturated heterocycles. The fourth-order valence-corrected chi connectivity index (χ4v) is 4.12. The van der Waals surface area contributed by atoms with Gasteiger partial charge in [-0.25, -0.2) is 0 Å². The Morgan fingerprint density at radius 2 is 1.64 bits per heavy atom. The highest BCUT2D eigenvalue weighted by Gasteiger charge is 2.16. The number of ether oxygens (including phenoxy) is 2. The number of carbonyl (C=O) groups is 2. The molecule has 0 heterocycles. The maximum atomic E-state index is 12.7. The van der Waals surface area contributed by atoms with Gasteiger partial charge in [0.05, 0.1) is 19.5 Å². The molecule has 6 nitrogen and oxygen atoms in total. The molecule has 1 atom stereocenters. The molecule has 3 rings (SSSR count). The number of rotatable bonds is 8. The van der Waals surface area contributed by atoms with Crippen molar-refractivity contribution in [3.05, 3.63) is 77.4 Å². The van der Waals surface area contributed by atoms with E-state index >= 15 is 0 Å². The van der Waals surface area contributed by atoms with E-state index in [1.54, 1.807) is 25.3 Å². The van der Waals surface area contributed by atoms with Crippen molar-refractivity contribution in [2.45, 2.75) is 30.9 Å². The Morgan fingerprint density at radius 3 is 2.36 bits per heavy atom. The Hall–Kier alpha value is -3.45. The molecule has 0 spiro atoms. The summed E-state index contributed by atoms with van der Waals surface area (Å²) in [5, 5.41) is 5.58. The van der Waals surface area contributed by atoms with Crippen molar-refractivity contribution in [1.29, 1.82) is 0 Å². The summed E-state index contributed by atoms with van der Waals surface area (Å²) in [7, 11) is 3.07. The van der Waals surface area contributed by atoms with Crippen LogP contribution in [-0.2, 0) is 4.79 Å². The van der Waals surface area contributed by atoms with E-state index < -0.39 is 0 Å². The summed E-state index contributed by atoms with van der Waals surface area (Å²) in [5.41, 5.74) is 4.03. The van der Waals surface area contributed by atoms with Gasteiger partial charge in [-0.2, -0.15) is 0 Å². The van der Waals surface area contributed by atoms with Gasteiger partial charge in [0, 0.05) is 21.8 Å². The van der Waals surface area contributed by atoms with Gasteiger partial charge in [-0.15, -0.1) is 11.8 Å². The number of benzene rings is 3. The van der Waals surface area contributed by atoms with Gasteiger partial charge in [0.1, 0.15) is 0 Å². The maximum absolute atomic E-state index is 12.7. The summed E-state index contributed by atoms with van der Waals surface area (Å²) in [4.78, 5) is 26.3. The molecule has 0 aliphatic rings. The van der Waals surface area contributed by atoms with Crippen LogP contribution in [0.2, 0.25) is 0 Å². The van der Waals surface area contributed by atoms with Crippen LogP contribution < -0.4 is 20.1 Å². The van der Waals surface area contributed by atoms with Gasteiger partial charge in [-0.3, -0.25) is 9.59 Å². The molecule has 0 saturated carbocycles. The lowest BCUT2D eigenvalue weighted by molar-refractivity contribution is -0.115. The van der Waals surface area contributed by atoms with Crippen molar-refractivity contribution in [1.82, 2.24) is 0 Å². The minimum absolute atomic E-state index is 0.0755. The smallest absolute Gasteiger partial charge is 0.255 e. The molecule has 0 aliphatic carbocycles. The highest BCUT2D eigenvalue weighted by atomic mass is 32.2. The highest BCUT2D eigenvalue weighted by Crippen LogP contribution is 2.29. The van der Waals surface area contributed by atoms with Gasteiger partial charge in [0.15, 0.2) is 11.5 Å². The Bertz CT molecular complexity index is 1160. The molecule has 1 unspecified atom stereocenters. The second-order valence-electron chi connectivity index (χ2n) is 7.62. The van der Waals surface area contributed by atoms with Crippen molar-refractivity contribution in [2.24, 2.45) is 0 Å². The number of hydrogen-bond donors (Lipinski definition) is 2. The average molecular weight is 465 g/mol. The summed E-state index contributed by atoms with van der Waals surface area (Å²) >= 11 is 1.43. The van der Waals surface area contributed by atoms with Crippen LogP contribution in [0, 0.1) is 13.8 Å². The van der Waals surface area contributed by atoms with Crippen LogP contribution in [0.5, 0.6) is 11.5 Å². The number of methoxy groups -OCH3 is 2. The Kier molecular flexibility index (Phi) is 8.01. The fraction of sp³-hybridized carbons (Fsp3) is 0.231. The largest absolute Gasteiger partial charge is 0.493 e. The van der Waals surface area contributed by atoms with E-state index in [-0.39, 0.29) is 17.1 Å². The Morgan fingerprint density at radius 1 is 0.879 bits per heavy atom. The van der Waals surface area contributed by atoms with E-state index in [0.717, 1.165) is 21.7 Å². The van der Waals surface area contributed by atoms with Gasteiger partial charge in [0.25, 0.3) is 5.91 Å². The lowest BCUT2D eigenvalue weighted by Crippen LogP contribution is -2.22. The lowest BCUT2D eigenvalue weighted by Gasteiger charge is -2.15. The Balaban J connectivity index is 1.66. The van der Waals surface area contributed by atoms with Crippen LogP contribution in [0.15, 0.2) is 65.6 Å². The molecule has 2 amide bonds. The summed E-state index contributed by atoms with van der Waals surface area (Å²) in [6, 6.07) is 18.4. The van der Waals surface area contributed by atoms with Gasteiger partial charge < -0.3 is 20.1 Å². The number of anilines is 2. The second kappa shape index (κ2) is 10.9. The summed E-state index contributed by atoms with van der Waals surface area (Å²) in [5.74, 6) is 0.700. The Labute approximate surface area is 198 Å². The van der Waals surface area contributed by atoms with Gasteiger partial charge in [-0.05, 0) is 74.4 Å². The van der Waals surface area contributed by atoms with Crippen molar-refractivity contribution in [2.75, 3.05) is 24.9 Å². The molecule has 3 aromatic rings. The molecule has 7 heteroatoms. The third-order valence-corrected chi connectivity index (χ3v) is 6.16. The average Bonchev–Trinajstić information content (AvgIpc) is 2.81. The molecule has 2 N–H and O–H groups in total. The molecule has 0 bridgehead atoms. The standard InChI is InChI=1S/C26H28N2O4S/c1-16-9-10-17(2)22(13-16)28-25(29)18(3)33-21-8-6-7-20(15-21)27-26(30)19-11-12-23(31-4)24(14-19)32-5/h6-15,18H,1-5H3,(H,27,30)(H,28,29). The molecular formula is C26H28N2O4S. The molecule has 33 heavy (non-hydrogen) atoms. The van der Waals surface area contributed by atoms with Gasteiger partial charge in [-0.1, -0.05) is 18.2 Å². The lowest BCUT2D eigenvalue weighted by atomic mass is 10.1. The van der Waals surface area contributed by atoms with Crippen LogP contribution in [0.1, 0.15) is 28.4 Å². The topological polar surface area (TPSA) is 76.7 Å². The van der Waals surface area contributed by atoms with Crippen LogP contribution in [0.25, 0.3) is 0 Å². The first-order valence-electron chi connectivity index (χ1n) is 10.5. The van der Waals surface area contributed by atoms with E-state index in [9.17, 15) is 9.59 Å². The number of aryl methyl sites for hydroxylation is 2. The molecule has 3 aromatic carbocycles. The number of hydrogen-bond acceptors (Lipinski definition) is 5. The zero-order chi connectivity index (χ0) is 24.0. The number of amides is 2. The molecule has 0 radical (unpaired) electrons. The molecule has 0 aromatic heterocycles. The van der Waals surface area contributed by atoms with E-state index in [0.29, 0.717) is 22.7 Å². The zero-order valence-corrected chi connectivity index (χ0v) is 20.2. The zero-order valence-electron chi connectivity index (χ0n) is 19.4. The molecular weight excluding hydrogens is 436 g/mol. The normalized spacial score (nSPS) is 11.4. The molecule has 0 aliphatic heterocycles. The highest BCUT2D eigenvalue weighted by molar-refractivity contribution is 8.00. The minimum atomic E-state index is -0.318. The van der Waals surface area contributed by atoms with Crippen LogP contribution in [-0.4, -0.2) is 31.3 Å². The van der Waals surface area contributed by atoms with E-state index in [1.165, 1.54) is 18.9 Å². The predicted molar refractivity (Wildman–Crippen MR) is 134 cm³/mol. The van der Waals surface area contributed by atoms with Crippen molar-refractivity contribution in [3.63, 3.8) is 0 Å². The van der Waals surface area contributed by atoms with Gasteiger partial charge >= 0.3 is 0 Å². The summed E-state index contributed by atoms with van der Waals surface area (Å²) in [6.07, 6.45) is 0. The predicted octanol–water partition coefficient (Wildman–Crippen LogP) is 5.69. The minimum Gasteiger partial charge on any atom is -0.493 e. The maximum Gasteiger partial charge on any atom is 0.255 e. The second-order valence-corrected chi connectivity index (χ2v) is 9.03. The van der Waals surface area contributed by atoms with Crippen LogP contribution >= 0.6 is 11.8 Å². The number of carbonyl (C=O) groups excluding carboxylic acids is 2. The van der Waals surface area contributed by atoms with E-state index in [4.69, 9.17) is 9.47 Å². The third kappa shape index (κ3) is 6.29. The molecule has 0 fully saturated rings. The first-order valence-corrected chi connectivity index (χ1v) is 11.4. The monoisotopic (exact) mass is 464 g/mol. The summed E-state index contributed by atoms with van der Waals surface area (Å²) in [6.45, 7) is 5.83. The molecule has 172 valence electrons. The van der Waals surface area contributed by atoms with Crippen LogP contribution in [0.3, 0.4) is 0 Å². The van der Waals surface area contributed by atoms with Crippen molar-refractivity contribution >= 4 is 35.0 Å². The van der Waals surface area contributed by atoms with Crippen molar-refractivity contribution < 1.29 is 19.1 Å². The van der Waals surface area contributed by atoms with Crippen molar-refractivity contribution in [3.8, 4) is 11.5 Å². The fourth-order valence-electron chi connectivity index (χ4n) is 3.19. The number of thioether (sulfide) groups is 1. The number of nitrogens with one attached hydrogen (secondary N) is 2.